The first-order chi connectivity index (χ1) is 9.72. The second-order valence-corrected chi connectivity index (χ2v) is 6.72. The number of benzene rings is 1. The average molecular weight is 272 g/mol. The standard InChI is InChI=1S/C18H28N2/c1-3-16-8-7-9-17(12-16)20-14-18(19-13-15(20)2)10-5-4-6-11-18/h7-9,12,15,19H,3-6,10-11,13-14H2,1-2H3. The molecule has 1 atom stereocenters. The quantitative estimate of drug-likeness (QED) is 0.882. The summed E-state index contributed by atoms with van der Waals surface area (Å²) >= 11 is 0. The van der Waals surface area contributed by atoms with Crippen LogP contribution < -0.4 is 10.2 Å². The van der Waals surface area contributed by atoms with Gasteiger partial charge in [-0.25, -0.2) is 0 Å². The van der Waals surface area contributed by atoms with Crippen LogP contribution in [-0.2, 0) is 6.42 Å². The van der Waals surface area contributed by atoms with Crippen LogP contribution in [0.15, 0.2) is 24.3 Å². The average Bonchev–Trinajstić information content (AvgIpc) is 2.51. The molecule has 110 valence electrons. The number of hydrogen-bond donors (Lipinski definition) is 1. The van der Waals surface area contributed by atoms with E-state index in [1.807, 2.05) is 0 Å². The molecule has 1 saturated heterocycles. The molecular formula is C18H28N2. The zero-order chi connectivity index (χ0) is 14.0. The highest BCUT2D eigenvalue weighted by Gasteiger charge is 2.38. The van der Waals surface area contributed by atoms with Gasteiger partial charge < -0.3 is 10.2 Å². The van der Waals surface area contributed by atoms with E-state index in [0.29, 0.717) is 11.6 Å². The van der Waals surface area contributed by atoms with Gasteiger partial charge in [0.15, 0.2) is 0 Å². The third-order valence-electron chi connectivity index (χ3n) is 5.24. The van der Waals surface area contributed by atoms with Gasteiger partial charge in [-0.3, -0.25) is 0 Å². The fraction of sp³-hybridized carbons (Fsp3) is 0.667. The van der Waals surface area contributed by atoms with Crippen LogP contribution in [0.4, 0.5) is 5.69 Å². The van der Waals surface area contributed by atoms with Crippen molar-refractivity contribution in [2.75, 3.05) is 18.0 Å². The van der Waals surface area contributed by atoms with Gasteiger partial charge in [0.1, 0.15) is 0 Å². The highest BCUT2D eigenvalue weighted by molar-refractivity contribution is 5.50. The second-order valence-electron chi connectivity index (χ2n) is 6.72. The Labute approximate surface area is 123 Å². The summed E-state index contributed by atoms with van der Waals surface area (Å²) in [6, 6.07) is 9.73. The molecule has 0 bridgehead atoms. The van der Waals surface area contributed by atoms with E-state index < -0.39 is 0 Å². The molecule has 1 heterocycles. The maximum Gasteiger partial charge on any atom is 0.0387 e. The number of aryl methyl sites for hydroxylation is 1. The van der Waals surface area contributed by atoms with Gasteiger partial charge in [0.25, 0.3) is 0 Å². The molecule has 1 spiro atoms. The molecular weight excluding hydrogens is 244 g/mol. The molecule has 2 fully saturated rings. The molecule has 1 aromatic carbocycles. The zero-order valence-electron chi connectivity index (χ0n) is 13.0. The maximum atomic E-state index is 3.87. The van der Waals surface area contributed by atoms with Gasteiger partial charge in [-0.2, -0.15) is 0 Å². The SMILES string of the molecule is CCc1cccc(N2CC3(CCCCC3)NCC2C)c1. The largest absolute Gasteiger partial charge is 0.366 e. The van der Waals surface area contributed by atoms with E-state index >= 15 is 0 Å². The highest BCUT2D eigenvalue weighted by atomic mass is 15.3. The summed E-state index contributed by atoms with van der Waals surface area (Å²) in [6.45, 7) is 6.89. The number of piperazine rings is 1. The molecule has 1 aromatic rings. The fourth-order valence-corrected chi connectivity index (χ4v) is 3.88. The summed E-state index contributed by atoms with van der Waals surface area (Å²) in [5.74, 6) is 0. The van der Waals surface area contributed by atoms with Gasteiger partial charge >= 0.3 is 0 Å². The lowest BCUT2D eigenvalue weighted by molar-refractivity contribution is 0.200. The minimum Gasteiger partial charge on any atom is -0.366 e. The Kier molecular flexibility index (Phi) is 4.02. The molecule has 1 unspecified atom stereocenters. The molecule has 0 amide bonds. The second kappa shape index (κ2) is 5.77. The van der Waals surface area contributed by atoms with Crippen molar-refractivity contribution in [3.63, 3.8) is 0 Å². The van der Waals surface area contributed by atoms with E-state index in [2.05, 4.69) is 48.3 Å². The Morgan fingerprint density at radius 3 is 2.80 bits per heavy atom. The molecule has 0 aromatic heterocycles. The Morgan fingerprint density at radius 2 is 2.05 bits per heavy atom. The molecule has 1 N–H and O–H groups in total. The predicted octanol–water partition coefficient (Wildman–Crippen LogP) is 3.75. The lowest BCUT2D eigenvalue weighted by Gasteiger charge is -2.50. The van der Waals surface area contributed by atoms with Crippen molar-refractivity contribution in [3.8, 4) is 0 Å². The van der Waals surface area contributed by atoms with Crippen molar-refractivity contribution >= 4 is 5.69 Å². The minimum absolute atomic E-state index is 0.382. The van der Waals surface area contributed by atoms with Crippen molar-refractivity contribution in [1.29, 1.82) is 0 Å². The Hall–Kier alpha value is -1.02. The molecule has 1 aliphatic heterocycles. The summed E-state index contributed by atoms with van der Waals surface area (Å²) in [5.41, 5.74) is 3.25. The lowest BCUT2D eigenvalue weighted by atomic mass is 9.79. The maximum absolute atomic E-state index is 3.87. The van der Waals surface area contributed by atoms with Gasteiger partial charge in [-0.15, -0.1) is 0 Å². The van der Waals surface area contributed by atoms with E-state index in [1.54, 1.807) is 0 Å². The van der Waals surface area contributed by atoms with Crippen LogP contribution in [0, 0.1) is 0 Å². The summed E-state index contributed by atoms with van der Waals surface area (Å²) in [4.78, 5) is 2.64. The first-order valence-electron chi connectivity index (χ1n) is 8.33. The smallest absolute Gasteiger partial charge is 0.0387 e. The van der Waals surface area contributed by atoms with Crippen molar-refractivity contribution in [2.45, 2.75) is 64.0 Å². The van der Waals surface area contributed by atoms with Crippen molar-refractivity contribution in [1.82, 2.24) is 5.32 Å². The molecule has 3 rings (SSSR count). The first kappa shape index (κ1) is 13.9. The van der Waals surface area contributed by atoms with Crippen molar-refractivity contribution < 1.29 is 0 Å². The molecule has 2 aliphatic rings. The molecule has 1 aliphatic carbocycles. The van der Waals surface area contributed by atoms with Crippen LogP contribution in [0.1, 0.15) is 51.5 Å². The van der Waals surface area contributed by atoms with Gasteiger partial charge in [0.05, 0.1) is 0 Å². The van der Waals surface area contributed by atoms with Crippen molar-refractivity contribution in [3.05, 3.63) is 29.8 Å². The van der Waals surface area contributed by atoms with Gasteiger partial charge in [-0.1, -0.05) is 38.3 Å². The Balaban J connectivity index is 1.82. The van der Waals surface area contributed by atoms with E-state index in [1.165, 1.54) is 49.9 Å². The molecule has 2 heteroatoms. The number of nitrogens with zero attached hydrogens (tertiary/aromatic N) is 1. The topological polar surface area (TPSA) is 15.3 Å². The van der Waals surface area contributed by atoms with Gasteiger partial charge in [-0.05, 0) is 43.9 Å². The van der Waals surface area contributed by atoms with Crippen LogP contribution in [0.3, 0.4) is 0 Å². The van der Waals surface area contributed by atoms with Crippen LogP contribution in [0.2, 0.25) is 0 Å². The Morgan fingerprint density at radius 1 is 1.25 bits per heavy atom. The predicted molar refractivity (Wildman–Crippen MR) is 86.4 cm³/mol. The van der Waals surface area contributed by atoms with Crippen LogP contribution in [0.25, 0.3) is 0 Å². The van der Waals surface area contributed by atoms with E-state index in [4.69, 9.17) is 0 Å². The molecule has 20 heavy (non-hydrogen) atoms. The van der Waals surface area contributed by atoms with Gasteiger partial charge in [0.2, 0.25) is 0 Å². The highest BCUT2D eigenvalue weighted by Crippen LogP contribution is 2.34. The van der Waals surface area contributed by atoms with Crippen LogP contribution in [0.5, 0.6) is 0 Å². The number of rotatable bonds is 2. The zero-order valence-corrected chi connectivity index (χ0v) is 13.0. The lowest BCUT2D eigenvalue weighted by Crippen LogP contribution is -2.64. The first-order valence-corrected chi connectivity index (χ1v) is 8.33. The molecule has 2 nitrogen and oxygen atoms in total. The summed E-state index contributed by atoms with van der Waals surface area (Å²) < 4.78 is 0. The summed E-state index contributed by atoms with van der Waals surface area (Å²) in [6.07, 6.45) is 8.03. The van der Waals surface area contributed by atoms with E-state index in [9.17, 15) is 0 Å². The summed E-state index contributed by atoms with van der Waals surface area (Å²) in [5, 5.41) is 3.87. The number of hydrogen-bond acceptors (Lipinski definition) is 2. The third kappa shape index (κ3) is 2.71. The van der Waals surface area contributed by atoms with E-state index in [-0.39, 0.29) is 0 Å². The summed E-state index contributed by atoms with van der Waals surface area (Å²) in [7, 11) is 0. The monoisotopic (exact) mass is 272 g/mol. The normalized spacial score (nSPS) is 25.9. The Bertz CT molecular complexity index is 448. The number of nitrogens with one attached hydrogen (secondary N) is 1. The van der Waals surface area contributed by atoms with Gasteiger partial charge in [0, 0.05) is 30.4 Å². The molecule has 0 radical (unpaired) electrons. The fourth-order valence-electron chi connectivity index (χ4n) is 3.88. The van der Waals surface area contributed by atoms with Crippen LogP contribution >= 0.6 is 0 Å². The van der Waals surface area contributed by atoms with Crippen molar-refractivity contribution in [2.24, 2.45) is 0 Å². The van der Waals surface area contributed by atoms with E-state index in [0.717, 1.165) is 13.0 Å². The molecule has 1 saturated carbocycles. The van der Waals surface area contributed by atoms with Crippen LogP contribution in [-0.4, -0.2) is 24.7 Å². The number of anilines is 1. The third-order valence-corrected chi connectivity index (χ3v) is 5.24. The minimum atomic E-state index is 0.382.